The van der Waals surface area contributed by atoms with Crippen molar-refractivity contribution in [2.24, 2.45) is 0 Å². The van der Waals surface area contributed by atoms with Gasteiger partial charge in [-0.2, -0.15) is 0 Å². The molecule has 134 valence electrons. The van der Waals surface area contributed by atoms with Gasteiger partial charge in [0.1, 0.15) is 6.54 Å². The molecule has 3 rings (SSSR count). The molecule has 7 heteroatoms. The zero-order valence-corrected chi connectivity index (χ0v) is 14.9. The first-order valence-corrected chi connectivity index (χ1v) is 9.30. The summed E-state index contributed by atoms with van der Waals surface area (Å²) in [5.41, 5.74) is -0.570. The van der Waals surface area contributed by atoms with E-state index in [2.05, 4.69) is 22.4 Å². The van der Waals surface area contributed by atoms with Crippen molar-refractivity contribution in [2.75, 3.05) is 12.3 Å². The number of carbonyl (C=O) groups excluding carboxylic acids is 1. The average molecular weight is 369 g/mol. The first kappa shape index (κ1) is 18.0. The largest absolute Gasteiger partial charge is 0.355 e. The average Bonchev–Trinajstić information content (AvgIpc) is 2.66. The van der Waals surface area contributed by atoms with Crippen LogP contribution in [0.2, 0.25) is 0 Å². The highest BCUT2D eigenvalue weighted by Gasteiger charge is 2.10. The van der Waals surface area contributed by atoms with Gasteiger partial charge in [0.2, 0.25) is 5.91 Å². The fourth-order valence-electron chi connectivity index (χ4n) is 2.61. The Labute approximate surface area is 154 Å². The van der Waals surface area contributed by atoms with E-state index in [0.29, 0.717) is 17.4 Å². The van der Waals surface area contributed by atoms with Crippen LogP contribution in [0.3, 0.4) is 0 Å². The summed E-state index contributed by atoms with van der Waals surface area (Å²) in [5, 5.41) is 3.21. The van der Waals surface area contributed by atoms with Gasteiger partial charge in [-0.25, -0.2) is 4.79 Å². The molecule has 0 aliphatic rings. The van der Waals surface area contributed by atoms with Crippen molar-refractivity contribution in [3.63, 3.8) is 0 Å². The lowest BCUT2D eigenvalue weighted by atomic mass is 10.2. The van der Waals surface area contributed by atoms with Crippen molar-refractivity contribution in [1.29, 1.82) is 0 Å². The van der Waals surface area contributed by atoms with Gasteiger partial charge in [-0.1, -0.05) is 30.3 Å². The number of aromatic nitrogens is 2. The Kier molecular flexibility index (Phi) is 5.91. The maximum absolute atomic E-state index is 12.2. The summed E-state index contributed by atoms with van der Waals surface area (Å²) in [7, 11) is 0. The molecule has 0 saturated heterocycles. The number of carbonyl (C=O) groups is 1. The number of aromatic amines is 1. The number of nitrogens with zero attached hydrogens (tertiary/aromatic N) is 1. The van der Waals surface area contributed by atoms with Gasteiger partial charge in [0.25, 0.3) is 5.56 Å². The Bertz CT molecular complexity index is 1010. The molecule has 0 aliphatic carbocycles. The van der Waals surface area contributed by atoms with Crippen LogP contribution in [0.1, 0.15) is 6.42 Å². The summed E-state index contributed by atoms with van der Waals surface area (Å²) >= 11 is 1.74. The normalized spacial score (nSPS) is 10.8. The molecule has 1 aromatic heterocycles. The van der Waals surface area contributed by atoms with E-state index in [9.17, 15) is 14.4 Å². The van der Waals surface area contributed by atoms with Crippen molar-refractivity contribution >= 4 is 28.6 Å². The van der Waals surface area contributed by atoms with Crippen molar-refractivity contribution < 1.29 is 4.79 Å². The summed E-state index contributed by atoms with van der Waals surface area (Å²) < 4.78 is 1.28. The van der Waals surface area contributed by atoms with Crippen LogP contribution in [0.15, 0.2) is 69.1 Å². The molecule has 2 N–H and O–H groups in total. The zero-order valence-electron chi connectivity index (χ0n) is 14.1. The maximum Gasteiger partial charge on any atom is 0.329 e. The Hall–Kier alpha value is -2.80. The van der Waals surface area contributed by atoms with Crippen LogP contribution >= 0.6 is 11.8 Å². The highest BCUT2D eigenvalue weighted by Crippen LogP contribution is 2.17. The Balaban J connectivity index is 1.55. The second-order valence-corrected chi connectivity index (χ2v) is 6.90. The van der Waals surface area contributed by atoms with E-state index in [4.69, 9.17) is 0 Å². The monoisotopic (exact) mass is 369 g/mol. The highest BCUT2D eigenvalue weighted by atomic mass is 32.2. The van der Waals surface area contributed by atoms with Crippen molar-refractivity contribution in [2.45, 2.75) is 17.9 Å². The summed E-state index contributed by atoms with van der Waals surface area (Å²) in [6.07, 6.45) is 0.826. The number of H-pyrrole nitrogens is 1. The van der Waals surface area contributed by atoms with Crippen LogP contribution in [-0.2, 0) is 11.3 Å². The third-order valence-electron chi connectivity index (χ3n) is 3.86. The first-order valence-electron chi connectivity index (χ1n) is 8.31. The van der Waals surface area contributed by atoms with E-state index in [1.165, 1.54) is 9.46 Å². The predicted molar refractivity (Wildman–Crippen MR) is 104 cm³/mol. The number of para-hydroxylation sites is 1. The minimum Gasteiger partial charge on any atom is -0.355 e. The van der Waals surface area contributed by atoms with E-state index >= 15 is 0 Å². The molecule has 0 aliphatic heterocycles. The number of thioether (sulfide) groups is 1. The second-order valence-electron chi connectivity index (χ2n) is 5.73. The smallest absolute Gasteiger partial charge is 0.329 e. The summed E-state index contributed by atoms with van der Waals surface area (Å²) in [6.45, 7) is 0.413. The molecule has 6 nitrogen and oxygen atoms in total. The van der Waals surface area contributed by atoms with E-state index < -0.39 is 11.2 Å². The van der Waals surface area contributed by atoms with Crippen LogP contribution in [0.25, 0.3) is 10.9 Å². The van der Waals surface area contributed by atoms with E-state index in [0.717, 1.165) is 12.2 Å². The third kappa shape index (κ3) is 4.43. The molecule has 0 fully saturated rings. The highest BCUT2D eigenvalue weighted by molar-refractivity contribution is 7.99. The van der Waals surface area contributed by atoms with Gasteiger partial charge in [-0.15, -0.1) is 11.8 Å². The molecule has 0 saturated carbocycles. The molecule has 0 spiro atoms. The Morgan fingerprint density at radius 3 is 2.58 bits per heavy atom. The number of hydrogen-bond acceptors (Lipinski definition) is 4. The van der Waals surface area contributed by atoms with Gasteiger partial charge in [-0.3, -0.25) is 19.1 Å². The molecule has 0 bridgehead atoms. The van der Waals surface area contributed by atoms with E-state index in [1.807, 2.05) is 18.2 Å². The fraction of sp³-hybridized carbons (Fsp3) is 0.211. The topological polar surface area (TPSA) is 84.0 Å². The van der Waals surface area contributed by atoms with Gasteiger partial charge in [0.05, 0.1) is 10.9 Å². The van der Waals surface area contributed by atoms with Gasteiger partial charge in [0, 0.05) is 11.4 Å². The SMILES string of the molecule is O=C(Cn1c(=O)[nH]c(=O)c2ccccc21)NCCCSc1ccccc1. The standard InChI is InChI=1S/C19H19N3O3S/c23-17(20-11-6-12-26-14-7-2-1-3-8-14)13-22-16-10-5-4-9-15(16)18(24)21-19(22)25/h1-5,7-10H,6,11-13H2,(H,20,23)(H,21,24,25). The molecule has 2 aromatic carbocycles. The molecule has 1 heterocycles. The van der Waals surface area contributed by atoms with Gasteiger partial charge in [-0.05, 0) is 36.4 Å². The van der Waals surface area contributed by atoms with Crippen LogP contribution in [0.5, 0.6) is 0 Å². The summed E-state index contributed by atoms with van der Waals surface area (Å²) in [5.74, 6) is 0.639. The zero-order chi connectivity index (χ0) is 18.4. The minimum atomic E-state index is -0.580. The first-order chi connectivity index (χ1) is 12.6. The maximum atomic E-state index is 12.2. The molecule has 0 atom stereocenters. The molecule has 26 heavy (non-hydrogen) atoms. The van der Waals surface area contributed by atoms with E-state index in [-0.39, 0.29) is 12.5 Å². The minimum absolute atomic E-state index is 0.123. The van der Waals surface area contributed by atoms with Gasteiger partial charge in [0.15, 0.2) is 0 Å². The molecular weight excluding hydrogens is 350 g/mol. The molecular formula is C19H19N3O3S. The molecule has 1 amide bonds. The number of hydrogen-bond donors (Lipinski definition) is 2. The number of rotatable bonds is 7. The molecule has 3 aromatic rings. The lowest BCUT2D eigenvalue weighted by Crippen LogP contribution is -2.36. The molecule has 0 radical (unpaired) electrons. The summed E-state index contributed by atoms with van der Waals surface area (Å²) in [4.78, 5) is 39.5. The number of fused-ring (bicyclic) bond motifs is 1. The number of nitrogens with one attached hydrogen (secondary N) is 2. The van der Waals surface area contributed by atoms with Gasteiger partial charge < -0.3 is 5.32 Å². The molecule has 0 unspecified atom stereocenters. The fourth-order valence-corrected chi connectivity index (χ4v) is 3.48. The number of benzene rings is 2. The van der Waals surface area contributed by atoms with E-state index in [1.54, 1.807) is 36.0 Å². The van der Waals surface area contributed by atoms with Crippen molar-refractivity contribution in [1.82, 2.24) is 14.9 Å². The lowest BCUT2D eigenvalue weighted by Gasteiger charge is -2.10. The second kappa shape index (κ2) is 8.53. The van der Waals surface area contributed by atoms with Crippen molar-refractivity contribution in [3.05, 3.63) is 75.4 Å². The summed E-state index contributed by atoms with van der Waals surface area (Å²) in [6, 6.07) is 16.8. The Morgan fingerprint density at radius 1 is 1.04 bits per heavy atom. The Morgan fingerprint density at radius 2 is 1.77 bits per heavy atom. The van der Waals surface area contributed by atoms with Gasteiger partial charge >= 0.3 is 5.69 Å². The lowest BCUT2D eigenvalue weighted by molar-refractivity contribution is -0.121. The van der Waals surface area contributed by atoms with Crippen LogP contribution in [-0.4, -0.2) is 27.8 Å². The van der Waals surface area contributed by atoms with Crippen LogP contribution < -0.4 is 16.6 Å². The van der Waals surface area contributed by atoms with Crippen molar-refractivity contribution in [3.8, 4) is 0 Å². The number of amides is 1. The van der Waals surface area contributed by atoms with Crippen LogP contribution in [0.4, 0.5) is 0 Å². The quantitative estimate of drug-likeness (QED) is 0.493. The third-order valence-corrected chi connectivity index (χ3v) is 4.96. The van der Waals surface area contributed by atoms with Crippen LogP contribution in [0, 0.1) is 0 Å². The predicted octanol–water partition coefficient (Wildman–Crippen LogP) is 1.99.